The Balaban J connectivity index is 1.51. The highest BCUT2D eigenvalue weighted by Gasteiger charge is 2.23. The van der Waals surface area contributed by atoms with Gasteiger partial charge in [-0.25, -0.2) is 0 Å². The summed E-state index contributed by atoms with van der Waals surface area (Å²) in [6, 6.07) is 15.1. The molecule has 5 heteroatoms. The molecule has 0 saturated heterocycles. The minimum absolute atomic E-state index is 0.0822. The van der Waals surface area contributed by atoms with Crippen molar-refractivity contribution in [2.45, 2.75) is 45.1 Å². The standard InChI is InChI=1S/C22H26N2O3/c1-3-15(2)16-7-11-20(12-8-16)27-14-21(25)23-19-6-4-5-17(13-19)22(26)24-18-9-10-18/h4-8,11-13,15,18H,3,9-10,14H2,1-2H3,(H,23,25)(H,24,26). The summed E-state index contributed by atoms with van der Waals surface area (Å²) in [4.78, 5) is 24.2. The Bertz CT molecular complexity index is 797. The number of benzene rings is 2. The molecule has 2 N–H and O–H groups in total. The Morgan fingerprint density at radius 2 is 1.89 bits per heavy atom. The summed E-state index contributed by atoms with van der Waals surface area (Å²) in [5.41, 5.74) is 2.39. The summed E-state index contributed by atoms with van der Waals surface area (Å²) < 4.78 is 5.56. The van der Waals surface area contributed by atoms with Crippen LogP contribution < -0.4 is 15.4 Å². The predicted molar refractivity (Wildman–Crippen MR) is 106 cm³/mol. The second-order valence-corrected chi connectivity index (χ2v) is 7.04. The molecule has 1 aliphatic carbocycles. The monoisotopic (exact) mass is 366 g/mol. The van der Waals surface area contributed by atoms with Gasteiger partial charge in [-0.2, -0.15) is 0 Å². The number of nitrogens with one attached hydrogen (secondary N) is 2. The normalized spacial score (nSPS) is 14.3. The Morgan fingerprint density at radius 1 is 1.15 bits per heavy atom. The van der Waals surface area contributed by atoms with Crippen LogP contribution in [0.25, 0.3) is 0 Å². The zero-order valence-electron chi connectivity index (χ0n) is 15.8. The number of anilines is 1. The Morgan fingerprint density at radius 3 is 2.56 bits per heavy atom. The number of carbonyl (C=O) groups excluding carboxylic acids is 2. The van der Waals surface area contributed by atoms with E-state index in [9.17, 15) is 9.59 Å². The van der Waals surface area contributed by atoms with Crippen LogP contribution in [-0.4, -0.2) is 24.5 Å². The first kappa shape index (κ1) is 19.0. The van der Waals surface area contributed by atoms with Crippen molar-refractivity contribution in [1.82, 2.24) is 5.32 Å². The number of amides is 2. The lowest BCUT2D eigenvalue weighted by Crippen LogP contribution is -2.25. The SMILES string of the molecule is CCC(C)c1ccc(OCC(=O)Nc2cccc(C(=O)NC3CC3)c2)cc1. The maximum atomic E-state index is 12.1. The minimum atomic E-state index is -0.263. The highest BCUT2D eigenvalue weighted by atomic mass is 16.5. The van der Waals surface area contributed by atoms with Gasteiger partial charge < -0.3 is 15.4 Å². The molecule has 5 nitrogen and oxygen atoms in total. The van der Waals surface area contributed by atoms with Crippen molar-refractivity contribution >= 4 is 17.5 Å². The van der Waals surface area contributed by atoms with Gasteiger partial charge in [0.2, 0.25) is 0 Å². The maximum Gasteiger partial charge on any atom is 0.262 e. The summed E-state index contributed by atoms with van der Waals surface area (Å²) in [7, 11) is 0. The van der Waals surface area contributed by atoms with Crippen LogP contribution in [0.2, 0.25) is 0 Å². The fourth-order valence-electron chi connectivity index (χ4n) is 2.71. The van der Waals surface area contributed by atoms with Crippen LogP contribution in [0.15, 0.2) is 48.5 Å². The van der Waals surface area contributed by atoms with Gasteiger partial charge in [0.05, 0.1) is 0 Å². The maximum absolute atomic E-state index is 12.1. The van der Waals surface area contributed by atoms with E-state index in [1.807, 2.05) is 24.3 Å². The second-order valence-electron chi connectivity index (χ2n) is 7.04. The zero-order chi connectivity index (χ0) is 19.2. The molecule has 1 unspecified atom stereocenters. The van der Waals surface area contributed by atoms with Gasteiger partial charge in [-0.05, 0) is 61.1 Å². The highest BCUT2D eigenvalue weighted by Crippen LogP contribution is 2.22. The third-order valence-electron chi connectivity index (χ3n) is 4.75. The number of carbonyl (C=O) groups is 2. The molecule has 2 aromatic carbocycles. The van der Waals surface area contributed by atoms with Crippen LogP contribution >= 0.6 is 0 Å². The molecule has 1 atom stereocenters. The van der Waals surface area contributed by atoms with Crippen molar-refractivity contribution in [1.29, 1.82) is 0 Å². The highest BCUT2D eigenvalue weighted by molar-refractivity contribution is 5.97. The van der Waals surface area contributed by atoms with Gasteiger partial charge in [-0.15, -0.1) is 0 Å². The number of hydrogen-bond donors (Lipinski definition) is 2. The molecule has 3 rings (SSSR count). The lowest BCUT2D eigenvalue weighted by Gasteiger charge is -2.11. The second kappa shape index (κ2) is 8.71. The third kappa shape index (κ3) is 5.58. The molecule has 27 heavy (non-hydrogen) atoms. The molecule has 0 heterocycles. The van der Waals surface area contributed by atoms with Gasteiger partial charge in [0.1, 0.15) is 5.75 Å². The average Bonchev–Trinajstić information content (AvgIpc) is 3.50. The molecule has 2 aromatic rings. The van der Waals surface area contributed by atoms with E-state index in [1.165, 1.54) is 5.56 Å². The minimum Gasteiger partial charge on any atom is -0.484 e. The molecule has 1 saturated carbocycles. The number of ether oxygens (including phenoxy) is 1. The van der Waals surface area contributed by atoms with Gasteiger partial charge >= 0.3 is 0 Å². The quantitative estimate of drug-likeness (QED) is 0.739. The first-order valence-corrected chi connectivity index (χ1v) is 9.48. The van der Waals surface area contributed by atoms with E-state index in [0.717, 1.165) is 19.3 Å². The smallest absolute Gasteiger partial charge is 0.262 e. The van der Waals surface area contributed by atoms with Crippen LogP contribution in [0.4, 0.5) is 5.69 Å². The molecule has 0 spiro atoms. The predicted octanol–water partition coefficient (Wildman–Crippen LogP) is 4.11. The summed E-state index contributed by atoms with van der Waals surface area (Å²) in [6.07, 6.45) is 3.16. The number of rotatable bonds is 8. The third-order valence-corrected chi connectivity index (χ3v) is 4.75. The lowest BCUT2D eigenvalue weighted by atomic mass is 9.99. The van der Waals surface area contributed by atoms with Crippen LogP contribution in [0.5, 0.6) is 5.75 Å². The topological polar surface area (TPSA) is 67.4 Å². The molecular weight excluding hydrogens is 340 g/mol. The van der Waals surface area contributed by atoms with Crippen LogP contribution in [-0.2, 0) is 4.79 Å². The van der Waals surface area contributed by atoms with Gasteiger partial charge in [-0.1, -0.05) is 32.0 Å². The van der Waals surface area contributed by atoms with Crippen molar-refractivity contribution in [3.05, 3.63) is 59.7 Å². The van der Waals surface area contributed by atoms with Crippen molar-refractivity contribution in [2.75, 3.05) is 11.9 Å². The number of hydrogen-bond acceptors (Lipinski definition) is 3. The Kier molecular flexibility index (Phi) is 6.12. The summed E-state index contributed by atoms with van der Waals surface area (Å²) >= 11 is 0. The molecule has 2 amide bonds. The zero-order valence-corrected chi connectivity index (χ0v) is 15.8. The molecule has 1 fully saturated rings. The molecule has 0 aliphatic heterocycles. The molecule has 0 aromatic heterocycles. The average molecular weight is 366 g/mol. The fraction of sp³-hybridized carbons (Fsp3) is 0.364. The van der Waals surface area contributed by atoms with E-state index in [-0.39, 0.29) is 18.4 Å². The van der Waals surface area contributed by atoms with Gasteiger partial charge in [0.15, 0.2) is 6.61 Å². The van der Waals surface area contributed by atoms with E-state index < -0.39 is 0 Å². The van der Waals surface area contributed by atoms with Crippen molar-refractivity contribution < 1.29 is 14.3 Å². The first-order chi connectivity index (χ1) is 13.0. The van der Waals surface area contributed by atoms with Crippen molar-refractivity contribution in [3.63, 3.8) is 0 Å². The fourth-order valence-corrected chi connectivity index (χ4v) is 2.71. The van der Waals surface area contributed by atoms with Crippen LogP contribution in [0.1, 0.15) is 54.9 Å². The lowest BCUT2D eigenvalue weighted by molar-refractivity contribution is -0.118. The summed E-state index contributed by atoms with van der Waals surface area (Å²) in [5, 5.41) is 5.71. The molecular formula is C22H26N2O3. The van der Waals surface area contributed by atoms with E-state index in [1.54, 1.807) is 24.3 Å². The summed E-state index contributed by atoms with van der Waals surface area (Å²) in [5.74, 6) is 0.800. The first-order valence-electron chi connectivity index (χ1n) is 9.48. The van der Waals surface area contributed by atoms with Crippen LogP contribution in [0.3, 0.4) is 0 Å². The van der Waals surface area contributed by atoms with Crippen molar-refractivity contribution in [2.24, 2.45) is 0 Å². The van der Waals surface area contributed by atoms with E-state index >= 15 is 0 Å². The largest absolute Gasteiger partial charge is 0.484 e. The summed E-state index contributed by atoms with van der Waals surface area (Å²) in [6.45, 7) is 4.26. The van der Waals surface area contributed by atoms with Crippen molar-refractivity contribution in [3.8, 4) is 5.75 Å². The molecule has 142 valence electrons. The Labute approximate surface area is 160 Å². The molecule has 0 radical (unpaired) electrons. The van der Waals surface area contributed by atoms with Gasteiger partial charge in [-0.3, -0.25) is 9.59 Å². The van der Waals surface area contributed by atoms with E-state index in [2.05, 4.69) is 24.5 Å². The molecule has 0 bridgehead atoms. The van der Waals surface area contributed by atoms with Gasteiger partial charge in [0.25, 0.3) is 11.8 Å². The van der Waals surface area contributed by atoms with E-state index in [4.69, 9.17) is 4.74 Å². The molecule has 1 aliphatic rings. The van der Waals surface area contributed by atoms with E-state index in [0.29, 0.717) is 29.0 Å². The Hall–Kier alpha value is -2.82. The van der Waals surface area contributed by atoms with Gasteiger partial charge in [0, 0.05) is 17.3 Å². The van der Waals surface area contributed by atoms with Crippen LogP contribution in [0, 0.1) is 0 Å².